The number of allylic oxidation sites excluding steroid dienone is 2. The molecule has 0 radical (unpaired) electrons. The van der Waals surface area contributed by atoms with Gasteiger partial charge in [-0.3, -0.25) is 4.90 Å². The first-order valence-corrected chi connectivity index (χ1v) is 11.5. The van der Waals surface area contributed by atoms with Crippen molar-refractivity contribution in [3.05, 3.63) is 107 Å². The van der Waals surface area contributed by atoms with E-state index in [1.54, 1.807) is 18.2 Å². The minimum absolute atomic E-state index is 0.365. The molecule has 1 heterocycles. The lowest BCUT2D eigenvalue weighted by Crippen LogP contribution is -2.40. The summed E-state index contributed by atoms with van der Waals surface area (Å²) in [5.74, 6) is 1.92. The molecule has 1 aliphatic heterocycles. The van der Waals surface area contributed by atoms with Crippen molar-refractivity contribution in [1.82, 2.24) is 4.90 Å². The molecule has 3 atom stereocenters. The standard InChI is InChI=1S/C29H29NO/c1-31-23-13-11-22(12-14-23)26-17-28-25-10-6-5-9-24(25)27(26)18-29(28)15-16-30(20-29)19-21-7-3-2-4-8-21/h2-14,17,27-28H,15-16,18-20H2,1H3/t27-,28-,29-/m1/s1. The highest BCUT2D eigenvalue weighted by atomic mass is 16.5. The Labute approximate surface area is 185 Å². The summed E-state index contributed by atoms with van der Waals surface area (Å²) in [4.78, 5) is 2.68. The fourth-order valence-electron chi connectivity index (χ4n) is 6.39. The molecule has 0 amide bonds. The zero-order chi connectivity index (χ0) is 20.8. The highest BCUT2D eigenvalue weighted by Gasteiger charge is 2.52. The zero-order valence-corrected chi connectivity index (χ0v) is 18.1. The van der Waals surface area contributed by atoms with Crippen LogP contribution in [-0.2, 0) is 6.54 Å². The van der Waals surface area contributed by atoms with Crippen LogP contribution in [0.4, 0.5) is 0 Å². The van der Waals surface area contributed by atoms with Crippen LogP contribution in [0, 0.1) is 5.41 Å². The molecule has 0 unspecified atom stereocenters. The molecule has 1 fully saturated rings. The van der Waals surface area contributed by atoms with Crippen LogP contribution in [0.3, 0.4) is 0 Å². The Morgan fingerprint density at radius 3 is 2.42 bits per heavy atom. The van der Waals surface area contributed by atoms with Crippen LogP contribution in [0.2, 0.25) is 0 Å². The number of methoxy groups -OCH3 is 1. The second kappa shape index (κ2) is 7.39. The second-order valence-electron chi connectivity index (χ2n) is 9.52. The molecule has 7 rings (SSSR count). The van der Waals surface area contributed by atoms with Gasteiger partial charge in [0.25, 0.3) is 0 Å². The minimum Gasteiger partial charge on any atom is -0.497 e. The minimum atomic E-state index is 0.365. The Kier molecular flexibility index (Phi) is 4.50. The van der Waals surface area contributed by atoms with E-state index in [1.165, 1.54) is 42.6 Å². The van der Waals surface area contributed by atoms with Crippen molar-refractivity contribution >= 4 is 5.57 Å². The molecule has 3 aliphatic carbocycles. The summed E-state index contributed by atoms with van der Waals surface area (Å²) in [7, 11) is 1.73. The molecular weight excluding hydrogens is 378 g/mol. The summed E-state index contributed by atoms with van der Waals surface area (Å²) >= 11 is 0. The first-order valence-electron chi connectivity index (χ1n) is 11.5. The SMILES string of the molecule is COc1ccc(C2=C[C@@H]3c4ccccc4[C@H]2C[C@@]32CCN(Cc3ccccc3)C2)cc1. The average Bonchev–Trinajstić information content (AvgIpc) is 3.22. The van der Waals surface area contributed by atoms with Gasteiger partial charge in [0.2, 0.25) is 0 Å². The number of rotatable bonds is 4. The lowest BCUT2D eigenvalue weighted by Gasteiger charge is -2.50. The Bertz CT molecular complexity index is 1120. The quantitative estimate of drug-likeness (QED) is 0.506. The molecule has 1 spiro atoms. The molecule has 2 heteroatoms. The largest absolute Gasteiger partial charge is 0.497 e. The molecule has 1 saturated heterocycles. The molecule has 4 aliphatic rings. The van der Waals surface area contributed by atoms with Crippen LogP contribution >= 0.6 is 0 Å². The summed E-state index contributed by atoms with van der Waals surface area (Å²) < 4.78 is 5.39. The van der Waals surface area contributed by atoms with Gasteiger partial charge < -0.3 is 4.74 Å². The maximum atomic E-state index is 5.39. The van der Waals surface area contributed by atoms with Gasteiger partial charge in [-0.2, -0.15) is 0 Å². The summed E-state index contributed by atoms with van der Waals surface area (Å²) in [5.41, 5.74) is 7.77. The van der Waals surface area contributed by atoms with Crippen molar-refractivity contribution in [3.63, 3.8) is 0 Å². The number of hydrogen-bond acceptors (Lipinski definition) is 2. The topological polar surface area (TPSA) is 12.5 Å². The van der Waals surface area contributed by atoms with Gasteiger partial charge in [-0.1, -0.05) is 72.8 Å². The highest BCUT2D eigenvalue weighted by molar-refractivity contribution is 5.77. The van der Waals surface area contributed by atoms with Crippen LogP contribution in [-0.4, -0.2) is 25.1 Å². The molecule has 0 saturated carbocycles. The molecule has 156 valence electrons. The Morgan fingerprint density at radius 2 is 1.65 bits per heavy atom. The predicted octanol–water partition coefficient (Wildman–Crippen LogP) is 6.26. The van der Waals surface area contributed by atoms with E-state index in [0.29, 0.717) is 17.3 Å². The third-order valence-corrected chi connectivity index (χ3v) is 7.84. The van der Waals surface area contributed by atoms with Crippen molar-refractivity contribution in [3.8, 4) is 5.75 Å². The van der Waals surface area contributed by atoms with E-state index < -0.39 is 0 Å². The van der Waals surface area contributed by atoms with Gasteiger partial charge in [0.05, 0.1) is 7.11 Å². The van der Waals surface area contributed by atoms with Gasteiger partial charge in [0.15, 0.2) is 0 Å². The number of likely N-dealkylation sites (tertiary alicyclic amines) is 1. The Morgan fingerprint density at radius 1 is 0.903 bits per heavy atom. The van der Waals surface area contributed by atoms with Crippen molar-refractivity contribution in [2.45, 2.75) is 31.2 Å². The lowest BCUT2D eigenvalue weighted by molar-refractivity contribution is 0.189. The molecular formula is C29H29NO. The fraction of sp³-hybridized carbons (Fsp3) is 0.310. The molecule has 3 aromatic carbocycles. The van der Waals surface area contributed by atoms with Crippen LogP contribution in [0.1, 0.15) is 46.9 Å². The van der Waals surface area contributed by atoms with Crippen molar-refractivity contribution in [2.75, 3.05) is 20.2 Å². The van der Waals surface area contributed by atoms with Crippen molar-refractivity contribution in [2.24, 2.45) is 5.41 Å². The number of ether oxygens (including phenoxy) is 1. The van der Waals surface area contributed by atoms with E-state index in [4.69, 9.17) is 4.74 Å². The fourth-order valence-corrected chi connectivity index (χ4v) is 6.39. The second-order valence-corrected chi connectivity index (χ2v) is 9.52. The van der Waals surface area contributed by atoms with Crippen LogP contribution < -0.4 is 4.74 Å². The van der Waals surface area contributed by atoms with Crippen LogP contribution in [0.15, 0.2) is 84.9 Å². The first-order chi connectivity index (χ1) is 15.3. The number of nitrogens with zero attached hydrogens (tertiary/aromatic N) is 1. The number of hydrogen-bond donors (Lipinski definition) is 0. The van der Waals surface area contributed by atoms with E-state index in [9.17, 15) is 0 Å². The summed E-state index contributed by atoms with van der Waals surface area (Å²) in [6, 6.07) is 28.8. The van der Waals surface area contributed by atoms with E-state index in [-0.39, 0.29) is 0 Å². The monoisotopic (exact) mass is 407 g/mol. The molecule has 2 nitrogen and oxygen atoms in total. The highest BCUT2D eigenvalue weighted by Crippen LogP contribution is 2.62. The smallest absolute Gasteiger partial charge is 0.118 e. The van der Waals surface area contributed by atoms with Crippen molar-refractivity contribution in [1.29, 1.82) is 0 Å². The third-order valence-electron chi connectivity index (χ3n) is 7.84. The van der Waals surface area contributed by atoms with Gasteiger partial charge in [0, 0.05) is 24.9 Å². The first kappa shape index (κ1) is 18.9. The normalized spacial score (nSPS) is 26.7. The third kappa shape index (κ3) is 3.13. The van der Waals surface area contributed by atoms with E-state index >= 15 is 0 Å². The van der Waals surface area contributed by atoms with E-state index in [1.807, 2.05) is 0 Å². The lowest BCUT2D eigenvalue weighted by atomic mass is 9.54. The Balaban J connectivity index is 1.34. The number of benzene rings is 3. The summed E-state index contributed by atoms with van der Waals surface area (Å²) in [5, 5.41) is 0. The van der Waals surface area contributed by atoms with Gasteiger partial charge in [0.1, 0.15) is 5.75 Å². The van der Waals surface area contributed by atoms with Gasteiger partial charge in [-0.15, -0.1) is 0 Å². The molecule has 0 aromatic heterocycles. The molecule has 3 aromatic rings. The van der Waals surface area contributed by atoms with E-state index in [2.05, 4.69) is 89.8 Å². The van der Waals surface area contributed by atoms with Gasteiger partial charge in [-0.25, -0.2) is 0 Å². The predicted molar refractivity (Wildman–Crippen MR) is 126 cm³/mol. The molecule has 2 bridgehead atoms. The maximum absolute atomic E-state index is 5.39. The maximum Gasteiger partial charge on any atom is 0.118 e. The molecule has 31 heavy (non-hydrogen) atoms. The van der Waals surface area contributed by atoms with Gasteiger partial charge >= 0.3 is 0 Å². The van der Waals surface area contributed by atoms with Gasteiger partial charge in [-0.05, 0) is 64.8 Å². The summed E-state index contributed by atoms with van der Waals surface area (Å²) in [6.07, 6.45) is 5.17. The Hall–Kier alpha value is -2.84. The van der Waals surface area contributed by atoms with Crippen LogP contribution in [0.25, 0.3) is 5.57 Å². The van der Waals surface area contributed by atoms with E-state index in [0.717, 1.165) is 12.3 Å². The average molecular weight is 408 g/mol. The summed E-state index contributed by atoms with van der Waals surface area (Å²) in [6.45, 7) is 3.46. The van der Waals surface area contributed by atoms with Crippen LogP contribution in [0.5, 0.6) is 5.75 Å². The zero-order valence-electron chi connectivity index (χ0n) is 18.1. The van der Waals surface area contributed by atoms with Crippen molar-refractivity contribution < 1.29 is 4.74 Å². The molecule has 0 N–H and O–H groups in total.